The van der Waals surface area contributed by atoms with Gasteiger partial charge in [0.1, 0.15) is 0 Å². The maximum absolute atomic E-state index is 8.61. The molecule has 0 amide bonds. The van der Waals surface area contributed by atoms with Gasteiger partial charge in [0.25, 0.3) is 0 Å². The number of nitriles is 1. The zero-order chi connectivity index (χ0) is 10.1. The molecule has 1 heterocycles. The van der Waals surface area contributed by atoms with E-state index in [-0.39, 0.29) is 0 Å². The molecule has 1 aliphatic rings. The first-order chi connectivity index (χ1) is 6.70. The maximum Gasteiger partial charge on any atom is 0.0695 e. The molecule has 14 heavy (non-hydrogen) atoms. The molecule has 74 valence electrons. The molecule has 1 aliphatic carbocycles. The third-order valence-corrected chi connectivity index (χ3v) is 4.27. The van der Waals surface area contributed by atoms with E-state index < -0.39 is 0 Å². The minimum absolute atomic E-state index is 0.587. The predicted molar refractivity (Wildman–Crippen MR) is 59.4 cm³/mol. The van der Waals surface area contributed by atoms with Gasteiger partial charge in [-0.25, -0.2) is 0 Å². The number of hydrogen-bond acceptors (Lipinski definition) is 2. The van der Waals surface area contributed by atoms with Gasteiger partial charge in [-0.2, -0.15) is 5.26 Å². The van der Waals surface area contributed by atoms with Crippen molar-refractivity contribution in [3.05, 3.63) is 21.4 Å². The fourth-order valence-electron chi connectivity index (χ4n) is 2.10. The lowest BCUT2D eigenvalue weighted by molar-refractivity contribution is 0.404. The van der Waals surface area contributed by atoms with Crippen LogP contribution in [-0.2, 0) is 19.3 Å². The summed E-state index contributed by atoms with van der Waals surface area (Å²) in [6.45, 7) is 4.61. The van der Waals surface area contributed by atoms with Crippen LogP contribution in [0.3, 0.4) is 0 Å². The van der Waals surface area contributed by atoms with E-state index in [2.05, 4.69) is 26.0 Å². The fourth-order valence-corrected chi connectivity index (χ4v) is 3.33. The van der Waals surface area contributed by atoms with Gasteiger partial charge in [0.2, 0.25) is 0 Å². The first-order valence-corrected chi connectivity index (χ1v) is 5.99. The zero-order valence-corrected chi connectivity index (χ0v) is 9.53. The number of fused-ring (bicyclic) bond motifs is 1. The molecule has 0 fully saturated rings. The maximum atomic E-state index is 8.61. The molecule has 0 aliphatic heterocycles. The zero-order valence-electron chi connectivity index (χ0n) is 8.71. The third kappa shape index (κ3) is 1.69. The monoisotopic (exact) mass is 205 g/mol. The Kier molecular flexibility index (Phi) is 2.60. The molecule has 1 aromatic rings. The molecule has 1 nitrogen and oxygen atoms in total. The van der Waals surface area contributed by atoms with Gasteiger partial charge in [0.05, 0.1) is 12.5 Å². The van der Waals surface area contributed by atoms with Crippen LogP contribution in [0.5, 0.6) is 0 Å². The van der Waals surface area contributed by atoms with Gasteiger partial charge in [-0.3, -0.25) is 0 Å². The molecule has 0 saturated heterocycles. The van der Waals surface area contributed by atoms with E-state index in [1.165, 1.54) is 28.2 Å². The van der Waals surface area contributed by atoms with Gasteiger partial charge < -0.3 is 0 Å². The summed E-state index contributed by atoms with van der Waals surface area (Å²) in [6, 6.07) is 4.46. The van der Waals surface area contributed by atoms with Crippen molar-refractivity contribution in [2.75, 3.05) is 0 Å². The second kappa shape index (κ2) is 3.74. The van der Waals surface area contributed by atoms with Crippen molar-refractivity contribution in [2.45, 2.75) is 33.1 Å². The lowest BCUT2D eigenvalue weighted by Crippen LogP contribution is -2.07. The molecular weight excluding hydrogens is 190 g/mol. The first kappa shape index (κ1) is 9.73. The Bertz CT molecular complexity index is 347. The molecule has 0 aromatic carbocycles. The lowest BCUT2D eigenvalue weighted by Gasteiger charge is -2.12. The van der Waals surface area contributed by atoms with E-state index in [1.54, 1.807) is 0 Å². The van der Waals surface area contributed by atoms with E-state index in [9.17, 15) is 0 Å². The van der Waals surface area contributed by atoms with Gasteiger partial charge >= 0.3 is 0 Å². The normalized spacial score (nSPS) is 19.7. The van der Waals surface area contributed by atoms with Crippen LogP contribution >= 0.6 is 11.3 Å². The van der Waals surface area contributed by atoms with Crippen LogP contribution in [0.15, 0.2) is 6.07 Å². The van der Waals surface area contributed by atoms with E-state index in [4.69, 9.17) is 5.26 Å². The van der Waals surface area contributed by atoms with E-state index in [0.717, 1.165) is 11.8 Å². The Labute approximate surface area is 89.4 Å². The molecule has 2 rings (SSSR count). The van der Waals surface area contributed by atoms with Crippen molar-refractivity contribution >= 4 is 11.3 Å². The molecular formula is C12H15NS. The highest BCUT2D eigenvalue weighted by atomic mass is 32.1. The summed E-state index contributed by atoms with van der Waals surface area (Å²) in [6.07, 6.45) is 3.06. The van der Waals surface area contributed by atoms with E-state index >= 15 is 0 Å². The molecule has 1 aromatic heterocycles. The van der Waals surface area contributed by atoms with Crippen LogP contribution in [0.25, 0.3) is 0 Å². The van der Waals surface area contributed by atoms with Crippen LogP contribution in [-0.4, -0.2) is 0 Å². The predicted octanol–water partition coefficient (Wildman–Crippen LogP) is 3.18. The summed E-state index contributed by atoms with van der Waals surface area (Å²) < 4.78 is 0. The fraction of sp³-hybridized carbons (Fsp3) is 0.583. The molecule has 2 heteroatoms. The molecule has 0 spiro atoms. The van der Waals surface area contributed by atoms with Gasteiger partial charge in [0, 0.05) is 9.75 Å². The summed E-state index contributed by atoms with van der Waals surface area (Å²) >= 11 is 1.85. The molecule has 1 atom stereocenters. The Morgan fingerprint density at radius 2 is 2.36 bits per heavy atom. The highest BCUT2D eigenvalue weighted by Gasteiger charge is 2.25. The van der Waals surface area contributed by atoms with Crippen molar-refractivity contribution in [1.82, 2.24) is 0 Å². The molecule has 1 unspecified atom stereocenters. The largest absolute Gasteiger partial charge is 0.198 e. The standard InChI is InChI=1S/C12H15NS/c1-8(2)9-5-10-6-11(3-4-13)14-12(10)7-9/h6,8-9H,3,5,7H2,1-2H3. The second-order valence-corrected chi connectivity index (χ2v) is 5.63. The van der Waals surface area contributed by atoms with Crippen LogP contribution < -0.4 is 0 Å². The molecule has 0 N–H and O–H groups in total. The Morgan fingerprint density at radius 3 is 2.93 bits per heavy atom. The summed E-state index contributed by atoms with van der Waals surface area (Å²) in [5.74, 6) is 1.63. The minimum Gasteiger partial charge on any atom is -0.198 e. The number of nitrogens with zero attached hydrogens (tertiary/aromatic N) is 1. The third-order valence-electron chi connectivity index (χ3n) is 3.07. The van der Waals surface area contributed by atoms with Crippen LogP contribution in [0, 0.1) is 23.2 Å². The Hall–Kier alpha value is -0.810. The van der Waals surface area contributed by atoms with Crippen LogP contribution in [0.2, 0.25) is 0 Å². The Balaban J connectivity index is 2.13. The SMILES string of the molecule is CC(C)C1Cc2cc(CC#N)sc2C1. The number of hydrogen-bond donors (Lipinski definition) is 0. The van der Waals surface area contributed by atoms with Crippen molar-refractivity contribution in [3.63, 3.8) is 0 Å². The van der Waals surface area contributed by atoms with Gasteiger partial charge in [-0.15, -0.1) is 11.3 Å². The molecule has 0 saturated carbocycles. The first-order valence-electron chi connectivity index (χ1n) is 5.18. The van der Waals surface area contributed by atoms with Crippen molar-refractivity contribution in [3.8, 4) is 6.07 Å². The number of rotatable bonds is 2. The lowest BCUT2D eigenvalue weighted by atomic mass is 9.93. The summed E-state index contributed by atoms with van der Waals surface area (Å²) in [7, 11) is 0. The van der Waals surface area contributed by atoms with Crippen molar-refractivity contribution < 1.29 is 0 Å². The minimum atomic E-state index is 0.587. The van der Waals surface area contributed by atoms with Crippen molar-refractivity contribution in [2.24, 2.45) is 11.8 Å². The topological polar surface area (TPSA) is 23.8 Å². The summed E-state index contributed by atoms with van der Waals surface area (Å²) in [4.78, 5) is 2.79. The average molecular weight is 205 g/mol. The highest BCUT2D eigenvalue weighted by Crippen LogP contribution is 2.36. The molecule has 0 bridgehead atoms. The second-order valence-electron chi connectivity index (χ2n) is 4.41. The number of thiophene rings is 1. The summed E-state index contributed by atoms with van der Waals surface area (Å²) in [5.41, 5.74) is 1.51. The van der Waals surface area contributed by atoms with E-state index in [0.29, 0.717) is 6.42 Å². The van der Waals surface area contributed by atoms with Crippen molar-refractivity contribution in [1.29, 1.82) is 5.26 Å². The Morgan fingerprint density at radius 1 is 1.57 bits per heavy atom. The van der Waals surface area contributed by atoms with Gasteiger partial charge in [-0.05, 0) is 36.3 Å². The summed E-state index contributed by atoms with van der Waals surface area (Å²) in [5, 5.41) is 8.61. The van der Waals surface area contributed by atoms with E-state index in [1.807, 2.05) is 11.3 Å². The average Bonchev–Trinajstić information content (AvgIpc) is 2.61. The smallest absolute Gasteiger partial charge is 0.0695 e. The van der Waals surface area contributed by atoms with Crippen LogP contribution in [0.1, 0.15) is 29.2 Å². The van der Waals surface area contributed by atoms with Gasteiger partial charge in [0.15, 0.2) is 0 Å². The quantitative estimate of drug-likeness (QED) is 0.727. The highest BCUT2D eigenvalue weighted by molar-refractivity contribution is 7.12. The molecule has 0 radical (unpaired) electrons. The van der Waals surface area contributed by atoms with Crippen LogP contribution in [0.4, 0.5) is 0 Å². The van der Waals surface area contributed by atoms with Gasteiger partial charge in [-0.1, -0.05) is 13.8 Å².